The molecule has 1 aliphatic rings. The van der Waals surface area contributed by atoms with Crippen molar-refractivity contribution in [2.24, 2.45) is 5.73 Å². The van der Waals surface area contributed by atoms with E-state index in [9.17, 15) is 4.79 Å². The molecular weight excluding hydrogens is 282 g/mol. The SMILES string of the molecule is NC1=C(C(=O)O)NN([S-])S1.[Ag+]. The van der Waals surface area contributed by atoms with Crippen molar-refractivity contribution in [3.63, 3.8) is 0 Å². The number of nitrogens with one attached hydrogen (secondary N) is 1. The quantitative estimate of drug-likeness (QED) is 0.328. The van der Waals surface area contributed by atoms with E-state index in [0.717, 1.165) is 15.8 Å². The molecule has 1 heterocycles. The topological polar surface area (TPSA) is 78.6 Å². The molecule has 0 unspecified atom stereocenters. The van der Waals surface area contributed by atoms with E-state index in [1.54, 1.807) is 0 Å². The van der Waals surface area contributed by atoms with Crippen molar-refractivity contribution in [3.05, 3.63) is 10.7 Å². The molecule has 1 aliphatic heterocycles. The van der Waals surface area contributed by atoms with Crippen molar-refractivity contribution in [2.45, 2.75) is 0 Å². The molecule has 8 heteroatoms. The molecular formula is C3H4AgN3O2S2. The van der Waals surface area contributed by atoms with Crippen LogP contribution >= 0.6 is 11.9 Å². The van der Waals surface area contributed by atoms with Gasteiger partial charge in [0.25, 0.3) is 0 Å². The minimum absolute atomic E-state index is 0. The largest absolute Gasteiger partial charge is 1.00 e. The Balaban J connectivity index is 0.000001000. The van der Waals surface area contributed by atoms with E-state index in [0.29, 0.717) is 0 Å². The van der Waals surface area contributed by atoms with Gasteiger partial charge in [-0.2, -0.15) is 0 Å². The number of nitrogens with zero attached hydrogens (tertiary/aromatic N) is 1. The second-order valence-corrected chi connectivity index (χ2v) is 3.09. The maximum absolute atomic E-state index is 10.3. The number of carboxylic acids is 1. The maximum atomic E-state index is 10.3. The van der Waals surface area contributed by atoms with Gasteiger partial charge < -0.3 is 29.1 Å². The van der Waals surface area contributed by atoms with Gasteiger partial charge in [-0.15, -0.1) is 0 Å². The first-order chi connectivity index (χ1) is 4.61. The summed E-state index contributed by atoms with van der Waals surface area (Å²) in [6, 6.07) is 0. The Hall–Kier alpha value is 0.210. The molecule has 11 heavy (non-hydrogen) atoms. The molecule has 4 N–H and O–H groups in total. The van der Waals surface area contributed by atoms with E-state index in [1.807, 2.05) is 0 Å². The van der Waals surface area contributed by atoms with Gasteiger partial charge in [-0.3, -0.25) is 3.82 Å². The summed E-state index contributed by atoms with van der Waals surface area (Å²) in [6.07, 6.45) is 0. The fraction of sp³-hybridized carbons (Fsp3) is 0. The molecule has 0 amide bonds. The van der Waals surface area contributed by atoms with E-state index < -0.39 is 5.97 Å². The standard InChI is InChI=1S/C3H4N3O2S2.Ag/c4-2-1(3(7)8)5-6(9)10-2;/h5H,4H2,(H,7,8);/q-1;+1. The molecule has 1 rings (SSSR count). The van der Waals surface area contributed by atoms with Crippen molar-refractivity contribution in [2.75, 3.05) is 0 Å². The van der Waals surface area contributed by atoms with Crippen molar-refractivity contribution in [1.29, 1.82) is 0 Å². The Kier molecular flexibility index (Phi) is 4.37. The van der Waals surface area contributed by atoms with Crippen LogP contribution in [-0.2, 0) is 40.0 Å². The Morgan fingerprint density at radius 2 is 2.36 bits per heavy atom. The first-order valence-corrected chi connectivity index (χ1v) is 3.40. The summed E-state index contributed by atoms with van der Waals surface area (Å²) in [6.45, 7) is 0. The summed E-state index contributed by atoms with van der Waals surface area (Å²) in [5.74, 6) is -1.10. The van der Waals surface area contributed by atoms with Crippen LogP contribution < -0.4 is 11.2 Å². The predicted octanol–water partition coefficient (Wildman–Crippen LogP) is -0.873. The van der Waals surface area contributed by atoms with Gasteiger partial charge in [0, 0.05) is 0 Å². The first kappa shape index (κ1) is 11.2. The number of aliphatic carboxylic acids is 1. The van der Waals surface area contributed by atoms with Gasteiger partial charge in [-0.25, -0.2) is 4.79 Å². The molecule has 0 aliphatic carbocycles. The van der Waals surface area contributed by atoms with E-state index in [1.165, 1.54) is 0 Å². The summed E-state index contributed by atoms with van der Waals surface area (Å²) < 4.78 is 1.11. The zero-order valence-electron chi connectivity index (χ0n) is 5.00. The summed E-state index contributed by atoms with van der Waals surface area (Å²) in [4.78, 5) is 10.3. The Bertz CT molecular complexity index is 209. The third-order valence-electron chi connectivity index (χ3n) is 0.845. The molecule has 0 saturated heterocycles. The smallest absolute Gasteiger partial charge is 0.664 e. The molecule has 0 atom stereocenters. The molecule has 5 nitrogen and oxygen atoms in total. The number of rotatable bonds is 1. The summed E-state index contributed by atoms with van der Waals surface area (Å²) >= 11 is 5.55. The van der Waals surface area contributed by atoms with Crippen LogP contribution in [0.3, 0.4) is 0 Å². The fourth-order valence-corrected chi connectivity index (χ4v) is 1.33. The number of carboxylic acid groups (broad SMARTS) is 1. The van der Waals surface area contributed by atoms with Crippen molar-refractivity contribution in [3.8, 4) is 0 Å². The van der Waals surface area contributed by atoms with E-state index in [2.05, 4.69) is 18.2 Å². The van der Waals surface area contributed by atoms with E-state index >= 15 is 0 Å². The summed E-state index contributed by atoms with van der Waals surface area (Å²) in [5.41, 5.74) is 7.57. The number of hydrogen-bond donors (Lipinski definition) is 3. The van der Waals surface area contributed by atoms with Gasteiger partial charge in [-0.1, -0.05) is 0 Å². The maximum Gasteiger partial charge on any atom is 1.00 e. The van der Waals surface area contributed by atoms with Crippen molar-refractivity contribution < 1.29 is 32.3 Å². The van der Waals surface area contributed by atoms with Crippen molar-refractivity contribution >= 4 is 30.7 Å². The van der Waals surface area contributed by atoms with Gasteiger partial charge in [0.1, 0.15) is 5.03 Å². The Morgan fingerprint density at radius 3 is 2.55 bits per heavy atom. The average molecular weight is 286 g/mol. The summed E-state index contributed by atoms with van der Waals surface area (Å²) in [5, 5.41) is 8.60. The third kappa shape index (κ3) is 2.62. The molecule has 0 bridgehead atoms. The third-order valence-corrected chi connectivity index (χ3v) is 1.82. The van der Waals surface area contributed by atoms with Crippen LogP contribution in [0.25, 0.3) is 0 Å². The zero-order valence-corrected chi connectivity index (χ0v) is 8.11. The van der Waals surface area contributed by atoms with E-state index in [-0.39, 0.29) is 33.1 Å². The molecule has 0 saturated carbocycles. The minimum Gasteiger partial charge on any atom is -0.664 e. The average Bonchev–Trinajstić information content (AvgIpc) is 2.10. The number of nitrogens with two attached hydrogens (primary N) is 1. The van der Waals surface area contributed by atoms with Crippen LogP contribution in [0.1, 0.15) is 0 Å². The molecule has 0 aromatic heterocycles. The predicted molar refractivity (Wildman–Crippen MR) is 38.8 cm³/mol. The molecule has 0 aromatic carbocycles. The van der Waals surface area contributed by atoms with Crippen LogP contribution in [0.2, 0.25) is 0 Å². The van der Waals surface area contributed by atoms with Crippen molar-refractivity contribution in [1.82, 2.24) is 9.25 Å². The number of hydrogen-bond acceptors (Lipinski definition) is 6. The molecule has 66 valence electrons. The monoisotopic (exact) mass is 285 g/mol. The fourth-order valence-electron chi connectivity index (χ4n) is 0.457. The van der Waals surface area contributed by atoms with Gasteiger partial charge in [0.2, 0.25) is 0 Å². The van der Waals surface area contributed by atoms with E-state index in [4.69, 9.17) is 10.8 Å². The van der Waals surface area contributed by atoms with Crippen LogP contribution in [0.5, 0.6) is 0 Å². The molecule has 0 aromatic rings. The minimum atomic E-state index is -1.10. The normalized spacial score (nSPS) is 17.5. The van der Waals surface area contributed by atoms with Gasteiger partial charge in [0.05, 0.1) is 0 Å². The number of carbonyl (C=O) groups is 1. The van der Waals surface area contributed by atoms with Crippen LogP contribution in [0.4, 0.5) is 0 Å². The van der Waals surface area contributed by atoms with Crippen LogP contribution in [0.15, 0.2) is 10.7 Å². The number of hydrazine groups is 1. The molecule has 0 radical (unpaired) electrons. The second kappa shape index (κ2) is 4.29. The Labute approximate surface area is 88.5 Å². The van der Waals surface area contributed by atoms with Crippen LogP contribution in [0, 0.1) is 0 Å². The Morgan fingerprint density at radius 1 is 1.82 bits per heavy atom. The first-order valence-electron chi connectivity index (χ1n) is 2.26. The van der Waals surface area contributed by atoms with Gasteiger partial charge in [0.15, 0.2) is 5.70 Å². The zero-order chi connectivity index (χ0) is 7.72. The van der Waals surface area contributed by atoms with Gasteiger partial charge >= 0.3 is 28.3 Å². The summed E-state index contributed by atoms with van der Waals surface area (Å²) in [7, 11) is 0. The van der Waals surface area contributed by atoms with Crippen LogP contribution in [-0.4, -0.2) is 14.9 Å². The molecule has 0 spiro atoms. The van der Waals surface area contributed by atoms with Gasteiger partial charge in [-0.05, 0) is 11.9 Å². The second-order valence-electron chi connectivity index (χ2n) is 1.50. The molecule has 0 fully saturated rings.